The van der Waals surface area contributed by atoms with E-state index in [1.165, 1.54) is 93.7 Å². The van der Waals surface area contributed by atoms with Crippen molar-refractivity contribution in [1.82, 2.24) is 4.98 Å². The SMILES string of the molecule is c1ccc2c(c1)-c1ccccc1-c1ccc(-c3ccc(-c4ccc5c6ccccc6c6cccnc6c5c4)cc3)cc1-c1ccccc1-2. The van der Waals surface area contributed by atoms with Gasteiger partial charge in [-0.25, -0.2) is 0 Å². The maximum atomic E-state index is 4.84. The zero-order chi connectivity index (χ0) is 31.6. The Balaban J connectivity index is 1.10. The van der Waals surface area contributed by atoms with Crippen molar-refractivity contribution in [2.24, 2.45) is 0 Å². The van der Waals surface area contributed by atoms with Gasteiger partial charge in [-0.15, -0.1) is 0 Å². The van der Waals surface area contributed by atoms with Gasteiger partial charge in [-0.05, 0) is 101 Å². The van der Waals surface area contributed by atoms with Crippen LogP contribution in [0.25, 0.3) is 99.2 Å². The highest BCUT2D eigenvalue weighted by Gasteiger charge is 2.22. The number of rotatable bonds is 2. The topological polar surface area (TPSA) is 12.9 Å². The molecule has 1 aliphatic carbocycles. The second-order valence-corrected chi connectivity index (χ2v) is 12.7. The van der Waals surface area contributed by atoms with Crippen LogP contribution in [0.5, 0.6) is 0 Å². The number of fused-ring (bicyclic) bond motifs is 14. The first-order chi connectivity index (χ1) is 23.8. The van der Waals surface area contributed by atoms with E-state index in [0.29, 0.717) is 0 Å². The summed E-state index contributed by atoms with van der Waals surface area (Å²) in [5.41, 5.74) is 16.0. The fraction of sp³-hybridized carbons (Fsp3) is 0. The van der Waals surface area contributed by atoms with Gasteiger partial charge in [0.05, 0.1) is 5.52 Å². The first-order valence-corrected chi connectivity index (χ1v) is 16.5. The van der Waals surface area contributed by atoms with E-state index < -0.39 is 0 Å². The summed E-state index contributed by atoms with van der Waals surface area (Å²) in [4.78, 5) is 4.84. The number of pyridine rings is 1. The van der Waals surface area contributed by atoms with Crippen molar-refractivity contribution in [3.63, 3.8) is 0 Å². The van der Waals surface area contributed by atoms with Crippen LogP contribution in [0.1, 0.15) is 0 Å². The molecule has 0 aliphatic heterocycles. The van der Waals surface area contributed by atoms with E-state index in [2.05, 4.69) is 164 Å². The van der Waals surface area contributed by atoms with E-state index in [9.17, 15) is 0 Å². The number of hydrogen-bond donors (Lipinski definition) is 0. The van der Waals surface area contributed by atoms with E-state index in [1.54, 1.807) is 0 Å². The average molecular weight is 608 g/mol. The lowest BCUT2D eigenvalue weighted by atomic mass is 9.80. The van der Waals surface area contributed by atoms with E-state index in [1.807, 2.05) is 12.3 Å². The fourth-order valence-electron chi connectivity index (χ4n) is 7.84. The Morgan fingerprint density at radius 2 is 0.646 bits per heavy atom. The predicted octanol–water partition coefficient (Wildman–Crippen LogP) is 12.9. The first kappa shape index (κ1) is 26.9. The Bertz CT molecular complexity index is 2680. The van der Waals surface area contributed by atoms with E-state index in [-0.39, 0.29) is 0 Å². The van der Waals surface area contributed by atoms with Crippen LogP contribution in [0.4, 0.5) is 0 Å². The van der Waals surface area contributed by atoms with Crippen LogP contribution in [0, 0.1) is 0 Å². The average Bonchev–Trinajstić information content (AvgIpc) is 3.17. The van der Waals surface area contributed by atoms with Crippen molar-refractivity contribution < 1.29 is 0 Å². The van der Waals surface area contributed by atoms with Gasteiger partial charge in [-0.3, -0.25) is 4.98 Å². The molecule has 8 aromatic carbocycles. The van der Waals surface area contributed by atoms with Gasteiger partial charge in [0.2, 0.25) is 0 Å². The molecule has 1 heteroatoms. The van der Waals surface area contributed by atoms with E-state index in [4.69, 9.17) is 4.98 Å². The molecule has 0 radical (unpaired) electrons. The Labute approximate surface area is 279 Å². The first-order valence-electron chi connectivity index (χ1n) is 16.5. The highest BCUT2D eigenvalue weighted by molar-refractivity contribution is 6.24. The summed E-state index contributed by atoms with van der Waals surface area (Å²) in [6.45, 7) is 0. The molecule has 0 saturated carbocycles. The van der Waals surface area contributed by atoms with Crippen molar-refractivity contribution in [3.8, 4) is 66.8 Å². The summed E-state index contributed by atoms with van der Waals surface area (Å²) in [7, 11) is 0. The molecule has 1 nitrogen and oxygen atoms in total. The summed E-state index contributed by atoms with van der Waals surface area (Å²) >= 11 is 0. The molecule has 0 N–H and O–H groups in total. The molecule has 1 heterocycles. The number of hydrogen-bond acceptors (Lipinski definition) is 1. The van der Waals surface area contributed by atoms with Crippen LogP contribution in [-0.2, 0) is 0 Å². The lowest BCUT2D eigenvalue weighted by molar-refractivity contribution is 1.43. The summed E-state index contributed by atoms with van der Waals surface area (Å²) in [6.07, 6.45) is 1.90. The highest BCUT2D eigenvalue weighted by atomic mass is 14.6. The molecule has 1 aromatic heterocycles. The van der Waals surface area contributed by atoms with Gasteiger partial charge >= 0.3 is 0 Å². The van der Waals surface area contributed by atoms with Crippen LogP contribution < -0.4 is 0 Å². The minimum atomic E-state index is 1.05. The normalized spacial score (nSPS) is 11.8. The quantitative estimate of drug-likeness (QED) is 0.178. The second kappa shape index (κ2) is 10.6. The Kier molecular flexibility index (Phi) is 5.94. The van der Waals surface area contributed by atoms with Crippen molar-refractivity contribution in [2.75, 3.05) is 0 Å². The molecule has 1 aliphatic rings. The lowest BCUT2D eigenvalue weighted by Gasteiger charge is -2.23. The molecular formula is C47H29N. The number of benzene rings is 8. The number of aromatic nitrogens is 1. The third kappa shape index (κ3) is 4.08. The number of nitrogens with zero attached hydrogens (tertiary/aromatic N) is 1. The van der Waals surface area contributed by atoms with Gasteiger partial charge in [-0.2, -0.15) is 0 Å². The molecule has 0 unspecified atom stereocenters. The van der Waals surface area contributed by atoms with Gasteiger partial charge < -0.3 is 0 Å². The Hall–Kier alpha value is -6.31. The van der Waals surface area contributed by atoms with Gasteiger partial charge in [0.15, 0.2) is 0 Å². The zero-order valence-corrected chi connectivity index (χ0v) is 26.2. The third-order valence-corrected chi connectivity index (χ3v) is 10.1. The van der Waals surface area contributed by atoms with Crippen molar-refractivity contribution in [3.05, 3.63) is 176 Å². The molecule has 0 atom stereocenters. The molecule has 0 amide bonds. The molecule has 0 bridgehead atoms. The van der Waals surface area contributed by atoms with Gasteiger partial charge in [-0.1, -0.05) is 152 Å². The van der Waals surface area contributed by atoms with Crippen molar-refractivity contribution in [1.29, 1.82) is 0 Å². The van der Waals surface area contributed by atoms with Gasteiger partial charge in [0, 0.05) is 17.0 Å². The molecular weight excluding hydrogens is 579 g/mol. The van der Waals surface area contributed by atoms with Crippen LogP contribution >= 0.6 is 0 Å². The van der Waals surface area contributed by atoms with E-state index in [0.717, 1.165) is 5.52 Å². The minimum absolute atomic E-state index is 1.05. The minimum Gasteiger partial charge on any atom is -0.256 e. The zero-order valence-electron chi connectivity index (χ0n) is 26.2. The third-order valence-electron chi connectivity index (χ3n) is 10.1. The van der Waals surface area contributed by atoms with Crippen LogP contribution in [0.3, 0.4) is 0 Å². The maximum Gasteiger partial charge on any atom is 0.0786 e. The molecule has 0 fully saturated rings. The fourth-order valence-corrected chi connectivity index (χ4v) is 7.84. The highest BCUT2D eigenvalue weighted by Crippen LogP contribution is 2.48. The second-order valence-electron chi connectivity index (χ2n) is 12.7. The van der Waals surface area contributed by atoms with Gasteiger partial charge in [0.25, 0.3) is 0 Å². The molecule has 222 valence electrons. The van der Waals surface area contributed by atoms with E-state index >= 15 is 0 Å². The summed E-state index contributed by atoms with van der Waals surface area (Å²) in [6, 6.07) is 62.1. The van der Waals surface area contributed by atoms with Crippen LogP contribution in [0.15, 0.2) is 176 Å². The molecule has 48 heavy (non-hydrogen) atoms. The lowest BCUT2D eigenvalue weighted by Crippen LogP contribution is -1.97. The van der Waals surface area contributed by atoms with Crippen molar-refractivity contribution >= 4 is 32.4 Å². The Morgan fingerprint density at radius 1 is 0.250 bits per heavy atom. The smallest absolute Gasteiger partial charge is 0.0786 e. The standard InChI is InChI=1S/C47H29N/c1-2-11-35-34(10-1)36-12-3-4-14-38(36)42-25-23-32(28-45(42)41-17-8-6-13-37(35)41)30-19-21-31(22-20-30)33-24-26-43-39-15-5-7-16-40(39)44-18-9-27-48-47(44)46(43)29-33/h1-29H. The van der Waals surface area contributed by atoms with Crippen molar-refractivity contribution in [2.45, 2.75) is 0 Å². The summed E-state index contributed by atoms with van der Waals surface area (Å²) in [5, 5.41) is 6.13. The van der Waals surface area contributed by atoms with Crippen LogP contribution in [0.2, 0.25) is 0 Å². The molecule has 0 saturated heterocycles. The van der Waals surface area contributed by atoms with Gasteiger partial charge in [0.1, 0.15) is 0 Å². The maximum absolute atomic E-state index is 4.84. The van der Waals surface area contributed by atoms with Crippen LogP contribution in [-0.4, -0.2) is 4.98 Å². The monoisotopic (exact) mass is 607 g/mol. The molecule has 9 aromatic rings. The summed E-state index contributed by atoms with van der Waals surface area (Å²) in [5.74, 6) is 0. The molecule has 10 rings (SSSR count). The Morgan fingerprint density at radius 3 is 1.23 bits per heavy atom. The molecule has 0 spiro atoms. The predicted molar refractivity (Wildman–Crippen MR) is 203 cm³/mol. The largest absolute Gasteiger partial charge is 0.256 e. The summed E-state index contributed by atoms with van der Waals surface area (Å²) < 4.78 is 0.